The van der Waals surface area contributed by atoms with Gasteiger partial charge in [-0.2, -0.15) is 0 Å². The Labute approximate surface area is 175 Å². The molecule has 0 saturated carbocycles. The molecule has 3 aromatic rings. The average Bonchev–Trinajstić information content (AvgIpc) is 2.78. The lowest BCUT2D eigenvalue weighted by molar-refractivity contribution is 0.0694. The molecule has 1 atom stereocenters. The van der Waals surface area contributed by atoms with Crippen LogP contribution in [0.5, 0.6) is 11.5 Å². The molecule has 0 fully saturated rings. The Hall–Kier alpha value is -2.98. The van der Waals surface area contributed by atoms with Gasteiger partial charge in [0.1, 0.15) is 0 Å². The summed E-state index contributed by atoms with van der Waals surface area (Å²) in [7, 11) is 3.24. The largest absolute Gasteiger partial charge is 0.493 e. The van der Waals surface area contributed by atoms with E-state index in [0.717, 1.165) is 23.1 Å². The van der Waals surface area contributed by atoms with Crippen LogP contribution in [0.4, 0.5) is 0 Å². The van der Waals surface area contributed by atoms with Crippen molar-refractivity contribution in [1.82, 2.24) is 4.90 Å². The minimum Gasteiger partial charge on any atom is -0.493 e. The predicted octanol–water partition coefficient (Wildman–Crippen LogP) is 5.15. The van der Waals surface area contributed by atoms with Gasteiger partial charge in [0, 0.05) is 17.1 Å². The number of carbonyl (C=O) groups is 1. The van der Waals surface area contributed by atoms with E-state index in [1.807, 2.05) is 71.6 Å². The maximum Gasteiger partial charge on any atom is 0.254 e. The van der Waals surface area contributed by atoms with Gasteiger partial charge < -0.3 is 14.4 Å². The zero-order valence-electron chi connectivity index (χ0n) is 16.4. The van der Waals surface area contributed by atoms with Crippen LogP contribution in [-0.2, 0) is 6.42 Å². The molecule has 4 rings (SSSR count). The molecule has 0 radical (unpaired) electrons. The van der Waals surface area contributed by atoms with Crippen molar-refractivity contribution in [2.45, 2.75) is 12.5 Å². The predicted molar refractivity (Wildman–Crippen MR) is 114 cm³/mol. The summed E-state index contributed by atoms with van der Waals surface area (Å²) in [5.41, 5.74) is 3.69. The molecule has 0 aliphatic carbocycles. The third kappa shape index (κ3) is 3.56. The summed E-state index contributed by atoms with van der Waals surface area (Å²) in [5.74, 6) is 1.31. The van der Waals surface area contributed by atoms with Gasteiger partial charge in [0.2, 0.25) is 0 Å². The highest BCUT2D eigenvalue weighted by molar-refractivity contribution is 6.31. The van der Waals surface area contributed by atoms with Crippen molar-refractivity contribution in [2.75, 3.05) is 20.8 Å². The van der Waals surface area contributed by atoms with Crippen molar-refractivity contribution < 1.29 is 14.3 Å². The van der Waals surface area contributed by atoms with E-state index >= 15 is 0 Å². The molecule has 1 amide bonds. The molecule has 0 bridgehead atoms. The Morgan fingerprint density at radius 1 is 0.931 bits per heavy atom. The van der Waals surface area contributed by atoms with E-state index < -0.39 is 0 Å². The van der Waals surface area contributed by atoms with Gasteiger partial charge in [-0.05, 0) is 53.4 Å². The quantitative estimate of drug-likeness (QED) is 0.600. The van der Waals surface area contributed by atoms with Crippen LogP contribution in [0.25, 0.3) is 0 Å². The van der Waals surface area contributed by atoms with Crippen LogP contribution in [0.1, 0.15) is 33.1 Å². The summed E-state index contributed by atoms with van der Waals surface area (Å²) in [4.78, 5) is 15.3. The van der Waals surface area contributed by atoms with E-state index in [1.54, 1.807) is 14.2 Å². The third-order valence-corrected chi connectivity index (χ3v) is 5.70. The molecule has 4 nitrogen and oxygen atoms in total. The van der Waals surface area contributed by atoms with E-state index in [1.165, 1.54) is 0 Å². The molecule has 1 aliphatic heterocycles. The lowest BCUT2D eigenvalue weighted by Gasteiger charge is -2.38. The Morgan fingerprint density at radius 3 is 2.28 bits per heavy atom. The van der Waals surface area contributed by atoms with Crippen molar-refractivity contribution in [2.24, 2.45) is 0 Å². The Morgan fingerprint density at radius 2 is 1.59 bits per heavy atom. The second-order valence-corrected chi connectivity index (χ2v) is 7.35. The molecular weight excluding hydrogens is 386 g/mol. The van der Waals surface area contributed by atoms with Crippen LogP contribution in [-0.4, -0.2) is 31.6 Å². The number of carbonyl (C=O) groups excluding carboxylic acids is 1. The van der Waals surface area contributed by atoms with Gasteiger partial charge in [0.05, 0.1) is 20.3 Å². The molecule has 3 aromatic carbocycles. The van der Waals surface area contributed by atoms with Gasteiger partial charge in [-0.25, -0.2) is 0 Å². The monoisotopic (exact) mass is 407 g/mol. The zero-order valence-corrected chi connectivity index (χ0v) is 17.1. The number of rotatable bonds is 4. The first-order chi connectivity index (χ1) is 14.1. The fourth-order valence-electron chi connectivity index (χ4n) is 3.94. The van der Waals surface area contributed by atoms with Crippen LogP contribution in [0.15, 0.2) is 66.7 Å². The number of methoxy groups -OCH3 is 2. The molecule has 1 unspecified atom stereocenters. The summed E-state index contributed by atoms with van der Waals surface area (Å²) in [6.45, 7) is 0.589. The van der Waals surface area contributed by atoms with E-state index in [2.05, 4.69) is 0 Å². The zero-order chi connectivity index (χ0) is 20.4. The normalized spacial score (nSPS) is 15.6. The SMILES string of the molecule is COc1cc2c(cc1OC)C(c1ccccc1Cl)N(C(=O)c1ccccc1)CC2. The van der Waals surface area contributed by atoms with Gasteiger partial charge in [0.15, 0.2) is 11.5 Å². The minimum atomic E-state index is -0.306. The van der Waals surface area contributed by atoms with Crippen molar-refractivity contribution in [3.8, 4) is 11.5 Å². The van der Waals surface area contributed by atoms with Crippen LogP contribution >= 0.6 is 11.6 Å². The van der Waals surface area contributed by atoms with Gasteiger partial charge in [0.25, 0.3) is 5.91 Å². The molecule has 1 heterocycles. The van der Waals surface area contributed by atoms with Gasteiger partial charge in [-0.3, -0.25) is 4.79 Å². The van der Waals surface area contributed by atoms with E-state index in [9.17, 15) is 4.79 Å². The fourth-order valence-corrected chi connectivity index (χ4v) is 4.18. The second-order valence-electron chi connectivity index (χ2n) is 6.94. The van der Waals surface area contributed by atoms with Crippen molar-refractivity contribution in [1.29, 1.82) is 0 Å². The Kier molecular flexibility index (Phi) is 5.45. The number of ether oxygens (including phenoxy) is 2. The first kappa shape index (κ1) is 19.3. The number of halogens is 1. The summed E-state index contributed by atoms with van der Waals surface area (Å²) in [6, 6.07) is 20.7. The van der Waals surface area contributed by atoms with Crippen molar-refractivity contribution >= 4 is 17.5 Å². The van der Waals surface area contributed by atoms with Crippen molar-refractivity contribution in [3.05, 3.63) is 94.0 Å². The maximum absolute atomic E-state index is 13.4. The number of benzene rings is 3. The standard InChI is InChI=1S/C24H22ClNO3/c1-28-21-14-17-12-13-26(24(27)16-8-4-3-5-9-16)23(19(17)15-22(21)29-2)18-10-6-7-11-20(18)25/h3-11,14-15,23H,12-13H2,1-2H3. The second kappa shape index (κ2) is 8.18. The Bertz CT molecular complexity index is 1040. The summed E-state index contributed by atoms with van der Waals surface area (Å²) >= 11 is 6.58. The lowest BCUT2D eigenvalue weighted by atomic mass is 9.87. The van der Waals surface area contributed by atoms with Crippen LogP contribution in [0.3, 0.4) is 0 Å². The molecular formula is C24H22ClNO3. The first-order valence-corrected chi connectivity index (χ1v) is 9.87. The number of fused-ring (bicyclic) bond motifs is 1. The molecule has 0 spiro atoms. The number of hydrogen-bond donors (Lipinski definition) is 0. The average molecular weight is 408 g/mol. The van der Waals surface area contributed by atoms with E-state index in [4.69, 9.17) is 21.1 Å². The van der Waals surface area contributed by atoms with Crippen molar-refractivity contribution in [3.63, 3.8) is 0 Å². The molecule has 0 saturated heterocycles. The fraction of sp³-hybridized carbons (Fsp3) is 0.208. The molecule has 29 heavy (non-hydrogen) atoms. The highest BCUT2D eigenvalue weighted by Gasteiger charge is 2.34. The number of nitrogens with zero attached hydrogens (tertiary/aromatic N) is 1. The maximum atomic E-state index is 13.4. The van der Waals surface area contributed by atoms with Gasteiger partial charge in [-0.1, -0.05) is 48.0 Å². The molecule has 1 aliphatic rings. The van der Waals surface area contributed by atoms with E-state index in [0.29, 0.717) is 28.6 Å². The van der Waals surface area contributed by atoms with Crippen LogP contribution in [0, 0.1) is 0 Å². The molecule has 148 valence electrons. The molecule has 0 aromatic heterocycles. The summed E-state index contributed by atoms with van der Waals surface area (Å²) in [5, 5.41) is 0.631. The lowest BCUT2D eigenvalue weighted by Crippen LogP contribution is -2.40. The smallest absolute Gasteiger partial charge is 0.254 e. The summed E-state index contributed by atoms with van der Waals surface area (Å²) in [6.07, 6.45) is 0.731. The summed E-state index contributed by atoms with van der Waals surface area (Å²) < 4.78 is 11.0. The van der Waals surface area contributed by atoms with Crippen LogP contribution in [0.2, 0.25) is 5.02 Å². The van der Waals surface area contributed by atoms with Gasteiger partial charge in [-0.15, -0.1) is 0 Å². The highest BCUT2D eigenvalue weighted by atomic mass is 35.5. The third-order valence-electron chi connectivity index (χ3n) is 5.36. The topological polar surface area (TPSA) is 38.8 Å². The minimum absolute atomic E-state index is 0.0176. The number of hydrogen-bond acceptors (Lipinski definition) is 3. The highest BCUT2D eigenvalue weighted by Crippen LogP contribution is 2.43. The Balaban J connectivity index is 1.88. The van der Waals surface area contributed by atoms with Gasteiger partial charge >= 0.3 is 0 Å². The van der Waals surface area contributed by atoms with Crippen LogP contribution < -0.4 is 9.47 Å². The van der Waals surface area contributed by atoms with E-state index in [-0.39, 0.29) is 11.9 Å². The first-order valence-electron chi connectivity index (χ1n) is 9.49. The number of amides is 1. The molecule has 0 N–H and O–H groups in total. The molecule has 5 heteroatoms.